The van der Waals surface area contributed by atoms with E-state index < -0.39 is 6.17 Å². The zero-order valence-electron chi connectivity index (χ0n) is 13.4. The molecule has 1 saturated carbocycles. The first-order valence-corrected chi connectivity index (χ1v) is 8.97. The molecule has 8 heteroatoms. The summed E-state index contributed by atoms with van der Waals surface area (Å²) in [4.78, 5) is 8.73. The number of ether oxygens (including phenoxy) is 1. The molecule has 2 aliphatic rings. The summed E-state index contributed by atoms with van der Waals surface area (Å²) >= 11 is 6.22. The summed E-state index contributed by atoms with van der Waals surface area (Å²) in [5, 5.41) is 8.01. The number of nitrogens with one attached hydrogen (secondary N) is 1. The number of halogens is 2. The summed E-state index contributed by atoms with van der Waals surface area (Å²) in [6.45, 7) is 0.661. The molecule has 1 aliphatic carbocycles. The number of nitrogens with zero attached hydrogens (tertiary/aromatic N) is 4. The van der Waals surface area contributed by atoms with Crippen LogP contribution in [-0.2, 0) is 11.2 Å². The molecule has 0 spiro atoms. The molecule has 0 bridgehead atoms. The van der Waals surface area contributed by atoms with E-state index in [2.05, 4.69) is 20.4 Å². The standard InChI is InChI=1S/C16H21ClFN5O/c17-15-13-8-19-16(20-12-5-6-24-9-11(12)18)22-23(13)14(21-15)7-10-3-1-2-4-10/h8,10-12H,1-7,9H2,(H,20,22)/t11-,12-/m1/s1. The van der Waals surface area contributed by atoms with Gasteiger partial charge in [-0.1, -0.05) is 37.3 Å². The van der Waals surface area contributed by atoms with Gasteiger partial charge in [0, 0.05) is 13.0 Å². The summed E-state index contributed by atoms with van der Waals surface area (Å²) in [6, 6.07) is -0.325. The Morgan fingerprint density at radius 3 is 2.96 bits per heavy atom. The van der Waals surface area contributed by atoms with E-state index in [1.807, 2.05) is 0 Å². The molecule has 1 aliphatic heterocycles. The number of hydrogen-bond donors (Lipinski definition) is 1. The second-order valence-corrected chi connectivity index (χ2v) is 7.04. The predicted octanol–water partition coefficient (Wildman–Crippen LogP) is 3.05. The molecule has 0 amide bonds. The average Bonchev–Trinajstić information content (AvgIpc) is 3.19. The van der Waals surface area contributed by atoms with Crippen molar-refractivity contribution in [3.63, 3.8) is 0 Å². The molecule has 3 heterocycles. The Balaban J connectivity index is 1.58. The maximum atomic E-state index is 13.9. The van der Waals surface area contributed by atoms with E-state index in [0.29, 0.717) is 35.6 Å². The van der Waals surface area contributed by atoms with Crippen molar-refractivity contribution in [2.75, 3.05) is 18.5 Å². The van der Waals surface area contributed by atoms with Crippen LogP contribution in [0.5, 0.6) is 0 Å². The Bertz CT molecular complexity index is 718. The minimum absolute atomic E-state index is 0.115. The lowest BCUT2D eigenvalue weighted by Crippen LogP contribution is -2.39. The number of rotatable bonds is 4. The van der Waals surface area contributed by atoms with Crippen LogP contribution in [-0.4, -0.2) is 45.0 Å². The van der Waals surface area contributed by atoms with E-state index >= 15 is 0 Å². The quantitative estimate of drug-likeness (QED) is 0.915. The number of alkyl halides is 1. The third-order valence-electron chi connectivity index (χ3n) is 4.96. The number of imidazole rings is 1. The van der Waals surface area contributed by atoms with Crippen molar-refractivity contribution < 1.29 is 9.13 Å². The van der Waals surface area contributed by atoms with Crippen LogP contribution < -0.4 is 5.32 Å². The van der Waals surface area contributed by atoms with Gasteiger partial charge in [-0.05, 0) is 12.3 Å². The van der Waals surface area contributed by atoms with Crippen molar-refractivity contribution >= 4 is 23.1 Å². The normalized spacial score (nSPS) is 25.4. The molecular formula is C16H21ClFN5O. The highest BCUT2D eigenvalue weighted by atomic mass is 35.5. The molecule has 2 aromatic rings. The van der Waals surface area contributed by atoms with E-state index in [-0.39, 0.29) is 12.6 Å². The number of fused-ring (bicyclic) bond motifs is 1. The van der Waals surface area contributed by atoms with Crippen LogP contribution in [0.4, 0.5) is 10.3 Å². The van der Waals surface area contributed by atoms with E-state index in [9.17, 15) is 4.39 Å². The largest absolute Gasteiger partial charge is 0.378 e. The molecule has 2 aromatic heterocycles. The summed E-state index contributed by atoms with van der Waals surface area (Å²) in [6.07, 6.45) is 7.09. The molecule has 0 unspecified atom stereocenters. The van der Waals surface area contributed by atoms with Crippen molar-refractivity contribution in [2.24, 2.45) is 5.92 Å². The Morgan fingerprint density at radius 2 is 2.17 bits per heavy atom. The number of hydrogen-bond acceptors (Lipinski definition) is 5. The van der Waals surface area contributed by atoms with Gasteiger partial charge in [-0.25, -0.2) is 18.9 Å². The van der Waals surface area contributed by atoms with Crippen LogP contribution in [0.2, 0.25) is 5.15 Å². The van der Waals surface area contributed by atoms with Crippen LogP contribution in [0.3, 0.4) is 0 Å². The Labute approximate surface area is 144 Å². The Hall–Kier alpha value is -1.47. The SMILES string of the molecule is F[C@@H]1COCC[C@H]1Nc1ncc2c(Cl)nc(CC3CCCC3)n2n1. The molecule has 0 radical (unpaired) electrons. The fourth-order valence-electron chi connectivity index (χ4n) is 3.61. The molecule has 1 saturated heterocycles. The van der Waals surface area contributed by atoms with Crippen molar-refractivity contribution in [1.82, 2.24) is 19.6 Å². The molecule has 130 valence electrons. The van der Waals surface area contributed by atoms with E-state index in [0.717, 1.165) is 12.2 Å². The van der Waals surface area contributed by atoms with Crippen LogP contribution in [0.15, 0.2) is 6.20 Å². The first-order valence-electron chi connectivity index (χ1n) is 8.59. The molecule has 2 fully saturated rings. The summed E-state index contributed by atoms with van der Waals surface area (Å²) in [7, 11) is 0. The molecule has 2 atom stereocenters. The molecule has 1 N–H and O–H groups in total. The zero-order chi connectivity index (χ0) is 16.5. The monoisotopic (exact) mass is 353 g/mol. The lowest BCUT2D eigenvalue weighted by Gasteiger charge is -2.26. The van der Waals surface area contributed by atoms with E-state index in [1.54, 1.807) is 10.7 Å². The minimum Gasteiger partial charge on any atom is -0.378 e. The van der Waals surface area contributed by atoms with Gasteiger partial charge in [-0.15, -0.1) is 5.10 Å². The molecule has 6 nitrogen and oxygen atoms in total. The van der Waals surface area contributed by atoms with Crippen LogP contribution in [0, 0.1) is 5.92 Å². The third-order valence-corrected chi connectivity index (χ3v) is 5.24. The highest BCUT2D eigenvalue weighted by Gasteiger charge is 2.26. The van der Waals surface area contributed by atoms with Gasteiger partial charge < -0.3 is 10.1 Å². The third kappa shape index (κ3) is 3.19. The van der Waals surface area contributed by atoms with Crippen molar-refractivity contribution in [3.8, 4) is 0 Å². The van der Waals surface area contributed by atoms with Gasteiger partial charge in [0.05, 0.1) is 18.8 Å². The summed E-state index contributed by atoms with van der Waals surface area (Å²) in [5.41, 5.74) is 0.694. The smallest absolute Gasteiger partial charge is 0.241 e. The lowest BCUT2D eigenvalue weighted by atomic mass is 10.0. The van der Waals surface area contributed by atoms with Gasteiger partial charge in [0.25, 0.3) is 0 Å². The van der Waals surface area contributed by atoms with Crippen molar-refractivity contribution in [1.29, 1.82) is 0 Å². The van der Waals surface area contributed by atoms with Gasteiger partial charge in [-0.3, -0.25) is 0 Å². The topological polar surface area (TPSA) is 64.3 Å². The van der Waals surface area contributed by atoms with Gasteiger partial charge in [0.15, 0.2) is 5.15 Å². The average molecular weight is 354 g/mol. The summed E-state index contributed by atoms with van der Waals surface area (Å²) < 4.78 is 20.8. The minimum atomic E-state index is -1.05. The van der Waals surface area contributed by atoms with E-state index in [1.165, 1.54) is 25.7 Å². The van der Waals surface area contributed by atoms with Gasteiger partial charge >= 0.3 is 0 Å². The fraction of sp³-hybridized carbons (Fsp3) is 0.688. The van der Waals surface area contributed by atoms with Crippen LogP contribution in [0.25, 0.3) is 5.52 Å². The van der Waals surface area contributed by atoms with E-state index in [4.69, 9.17) is 16.3 Å². The first kappa shape index (κ1) is 16.0. The first-order chi connectivity index (χ1) is 11.7. The Morgan fingerprint density at radius 1 is 1.33 bits per heavy atom. The fourth-order valence-corrected chi connectivity index (χ4v) is 3.84. The molecule has 0 aromatic carbocycles. The lowest BCUT2D eigenvalue weighted by molar-refractivity contribution is 0.0284. The zero-order valence-corrected chi connectivity index (χ0v) is 14.2. The highest BCUT2D eigenvalue weighted by molar-refractivity contribution is 6.32. The second kappa shape index (κ2) is 6.80. The second-order valence-electron chi connectivity index (χ2n) is 6.68. The Kier molecular flexibility index (Phi) is 4.54. The number of aromatic nitrogens is 4. The predicted molar refractivity (Wildman–Crippen MR) is 89.2 cm³/mol. The van der Waals surface area contributed by atoms with Crippen LogP contribution in [0.1, 0.15) is 37.9 Å². The van der Waals surface area contributed by atoms with Crippen molar-refractivity contribution in [3.05, 3.63) is 17.2 Å². The molecule has 4 rings (SSSR count). The summed E-state index contributed by atoms with van der Waals surface area (Å²) in [5.74, 6) is 1.90. The maximum absolute atomic E-state index is 13.9. The van der Waals surface area contributed by atoms with Gasteiger partial charge in [-0.2, -0.15) is 0 Å². The van der Waals surface area contributed by atoms with Crippen LogP contribution >= 0.6 is 11.6 Å². The highest BCUT2D eigenvalue weighted by Crippen LogP contribution is 2.29. The van der Waals surface area contributed by atoms with Crippen molar-refractivity contribution in [2.45, 2.75) is 50.7 Å². The number of anilines is 1. The molecular weight excluding hydrogens is 333 g/mol. The molecule has 24 heavy (non-hydrogen) atoms. The van der Waals surface area contributed by atoms with Gasteiger partial charge in [0.2, 0.25) is 5.95 Å². The van der Waals surface area contributed by atoms with Gasteiger partial charge in [0.1, 0.15) is 17.5 Å². The maximum Gasteiger partial charge on any atom is 0.241 e.